The second kappa shape index (κ2) is 8.10. The minimum atomic E-state index is -0.261. The Hall–Kier alpha value is -2.73. The predicted molar refractivity (Wildman–Crippen MR) is 104 cm³/mol. The first kappa shape index (κ1) is 18.6. The van der Waals surface area contributed by atoms with Crippen molar-refractivity contribution in [2.24, 2.45) is 0 Å². The van der Waals surface area contributed by atoms with Crippen molar-refractivity contribution in [2.75, 3.05) is 20.2 Å². The summed E-state index contributed by atoms with van der Waals surface area (Å²) >= 11 is 0. The first-order valence-electron chi connectivity index (χ1n) is 9.48. The molecule has 1 aliphatic heterocycles. The molecule has 1 unspecified atom stereocenters. The van der Waals surface area contributed by atoms with Crippen LogP contribution in [0, 0.1) is 11.6 Å². The fourth-order valence-electron chi connectivity index (χ4n) is 3.97. The quantitative estimate of drug-likeness (QED) is 0.692. The smallest absolute Gasteiger partial charge is 0.127 e. The Bertz CT molecular complexity index is 956. The highest BCUT2D eigenvalue weighted by Gasteiger charge is 2.26. The lowest BCUT2D eigenvalue weighted by atomic mass is 9.90. The van der Waals surface area contributed by atoms with E-state index < -0.39 is 0 Å². The van der Waals surface area contributed by atoms with E-state index in [9.17, 15) is 8.78 Å². The van der Waals surface area contributed by atoms with Crippen molar-refractivity contribution in [1.82, 2.24) is 15.1 Å². The molecule has 4 nitrogen and oxygen atoms in total. The summed E-state index contributed by atoms with van der Waals surface area (Å²) in [6.45, 7) is 2.24. The molecule has 1 aromatic heterocycles. The third-order valence-corrected chi connectivity index (χ3v) is 5.37. The molecule has 1 N–H and O–H groups in total. The zero-order valence-corrected chi connectivity index (χ0v) is 15.8. The highest BCUT2D eigenvalue weighted by Crippen LogP contribution is 2.34. The number of ether oxygens (including phenoxy) is 1. The molecule has 1 aliphatic rings. The summed E-state index contributed by atoms with van der Waals surface area (Å²) in [5.41, 5.74) is 3.40. The third-order valence-electron chi connectivity index (χ3n) is 5.37. The van der Waals surface area contributed by atoms with Crippen molar-refractivity contribution >= 4 is 0 Å². The van der Waals surface area contributed by atoms with Gasteiger partial charge in [0.15, 0.2) is 0 Å². The molecule has 4 rings (SSSR count). The van der Waals surface area contributed by atoms with Gasteiger partial charge in [0.2, 0.25) is 0 Å². The van der Waals surface area contributed by atoms with Gasteiger partial charge in [-0.15, -0.1) is 0 Å². The lowest BCUT2D eigenvalue weighted by Crippen LogP contribution is -2.34. The molecule has 1 atom stereocenters. The molecular weight excluding hydrogens is 360 g/mol. The lowest BCUT2D eigenvalue weighted by molar-refractivity contribution is 0.196. The van der Waals surface area contributed by atoms with Crippen LogP contribution in [0.1, 0.15) is 30.0 Å². The zero-order chi connectivity index (χ0) is 19.5. The normalized spacial score (nSPS) is 17.6. The maximum Gasteiger partial charge on any atom is 0.127 e. The number of aromatic nitrogens is 2. The van der Waals surface area contributed by atoms with E-state index in [0.717, 1.165) is 42.8 Å². The number of nitrogens with one attached hydrogen (secondary N) is 1. The minimum Gasteiger partial charge on any atom is -0.497 e. The fourth-order valence-corrected chi connectivity index (χ4v) is 3.97. The molecule has 2 heterocycles. The molecule has 28 heavy (non-hydrogen) atoms. The summed E-state index contributed by atoms with van der Waals surface area (Å²) in [7, 11) is 1.58. The van der Waals surface area contributed by atoms with E-state index in [1.54, 1.807) is 31.5 Å². The van der Waals surface area contributed by atoms with Gasteiger partial charge in [0.05, 0.1) is 13.3 Å². The summed E-state index contributed by atoms with van der Waals surface area (Å²) in [4.78, 5) is 2.25. The summed E-state index contributed by atoms with van der Waals surface area (Å²) in [5, 5.41) is 7.32. The average Bonchev–Trinajstić information content (AvgIpc) is 3.20. The van der Waals surface area contributed by atoms with Gasteiger partial charge in [-0.05, 0) is 55.3 Å². The SMILES string of the molecule is COc1ccc(F)c(CN2CCCC(c3[nH]ncc3-c3cccc(F)c3)C2)c1. The summed E-state index contributed by atoms with van der Waals surface area (Å²) in [6, 6.07) is 11.4. The van der Waals surface area contributed by atoms with Crippen molar-refractivity contribution in [2.45, 2.75) is 25.3 Å². The minimum absolute atomic E-state index is 0.218. The Morgan fingerprint density at radius 1 is 1.21 bits per heavy atom. The lowest BCUT2D eigenvalue weighted by Gasteiger charge is -2.32. The average molecular weight is 383 g/mol. The molecule has 0 bridgehead atoms. The van der Waals surface area contributed by atoms with E-state index in [4.69, 9.17) is 4.74 Å². The molecule has 146 valence electrons. The predicted octanol–water partition coefficient (Wildman–Crippen LogP) is 4.74. The van der Waals surface area contributed by atoms with Crippen molar-refractivity contribution in [3.63, 3.8) is 0 Å². The second-order valence-corrected chi connectivity index (χ2v) is 7.24. The molecule has 0 spiro atoms. The van der Waals surface area contributed by atoms with E-state index >= 15 is 0 Å². The van der Waals surface area contributed by atoms with Gasteiger partial charge in [0.25, 0.3) is 0 Å². The van der Waals surface area contributed by atoms with Crippen LogP contribution in [-0.2, 0) is 6.54 Å². The maximum atomic E-state index is 14.2. The Morgan fingerprint density at radius 3 is 2.93 bits per heavy atom. The first-order valence-corrected chi connectivity index (χ1v) is 9.48. The van der Waals surface area contributed by atoms with Gasteiger partial charge < -0.3 is 4.74 Å². The standard InChI is InChI=1S/C22H23F2N3O/c1-28-19-7-8-21(24)17(11-19)14-27-9-3-5-16(13-27)22-20(12-25-26-22)15-4-2-6-18(23)10-15/h2,4,6-8,10-12,16H,3,5,9,13-14H2,1H3,(H,25,26). The number of nitrogens with zero attached hydrogens (tertiary/aromatic N) is 2. The number of hydrogen-bond acceptors (Lipinski definition) is 3. The topological polar surface area (TPSA) is 41.1 Å². The number of methoxy groups -OCH3 is 1. The maximum absolute atomic E-state index is 14.2. The van der Waals surface area contributed by atoms with Gasteiger partial charge in [-0.25, -0.2) is 8.78 Å². The Kier molecular flexibility index (Phi) is 5.39. The fraction of sp³-hybridized carbons (Fsp3) is 0.318. The van der Waals surface area contributed by atoms with Crippen LogP contribution in [0.3, 0.4) is 0 Å². The number of likely N-dealkylation sites (tertiary alicyclic amines) is 1. The Morgan fingerprint density at radius 2 is 2.11 bits per heavy atom. The highest BCUT2D eigenvalue weighted by molar-refractivity contribution is 5.65. The van der Waals surface area contributed by atoms with Gasteiger partial charge >= 0.3 is 0 Å². The van der Waals surface area contributed by atoms with E-state index in [2.05, 4.69) is 15.1 Å². The molecule has 1 fully saturated rings. The molecule has 0 radical (unpaired) electrons. The molecule has 6 heteroatoms. The first-order chi connectivity index (χ1) is 13.6. The van der Waals surface area contributed by atoms with Crippen LogP contribution in [-0.4, -0.2) is 35.3 Å². The van der Waals surface area contributed by atoms with Crippen LogP contribution >= 0.6 is 0 Å². The molecular formula is C22H23F2N3O. The number of piperidine rings is 1. The van der Waals surface area contributed by atoms with Crippen LogP contribution in [0.2, 0.25) is 0 Å². The molecule has 3 aromatic rings. The van der Waals surface area contributed by atoms with E-state index in [-0.39, 0.29) is 17.6 Å². The monoisotopic (exact) mass is 383 g/mol. The summed E-state index contributed by atoms with van der Waals surface area (Å²) < 4.78 is 33.1. The molecule has 2 aromatic carbocycles. The second-order valence-electron chi connectivity index (χ2n) is 7.24. The Labute approximate surface area is 163 Å². The third kappa shape index (κ3) is 3.92. The molecule has 0 saturated carbocycles. The van der Waals surface area contributed by atoms with E-state index in [1.807, 2.05) is 6.07 Å². The van der Waals surface area contributed by atoms with Crippen molar-refractivity contribution in [3.05, 3.63) is 71.6 Å². The van der Waals surface area contributed by atoms with Crippen LogP contribution < -0.4 is 4.74 Å². The number of H-pyrrole nitrogens is 1. The van der Waals surface area contributed by atoms with Gasteiger partial charge in [-0.2, -0.15) is 5.10 Å². The number of benzene rings is 2. The number of halogens is 2. The van der Waals surface area contributed by atoms with Gasteiger partial charge in [-0.1, -0.05) is 12.1 Å². The van der Waals surface area contributed by atoms with Crippen molar-refractivity contribution in [1.29, 1.82) is 0 Å². The van der Waals surface area contributed by atoms with Crippen molar-refractivity contribution < 1.29 is 13.5 Å². The van der Waals surface area contributed by atoms with Crippen molar-refractivity contribution in [3.8, 4) is 16.9 Å². The Balaban J connectivity index is 1.53. The molecule has 0 amide bonds. The van der Waals surface area contributed by atoms with E-state index in [0.29, 0.717) is 17.9 Å². The zero-order valence-electron chi connectivity index (χ0n) is 15.8. The number of hydrogen-bond donors (Lipinski definition) is 1. The molecule has 1 saturated heterocycles. The van der Waals surface area contributed by atoms with Crippen LogP contribution in [0.4, 0.5) is 8.78 Å². The molecule has 0 aliphatic carbocycles. The number of aromatic amines is 1. The van der Waals surface area contributed by atoms with Crippen LogP contribution in [0.25, 0.3) is 11.1 Å². The van der Waals surface area contributed by atoms with E-state index in [1.165, 1.54) is 18.2 Å². The largest absolute Gasteiger partial charge is 0.497 e. The highest BCUT2D eigenvalue weighted by atomic mass is 19.1. The summed E-state index contributed by atoms with van der Waals surface area (Å²) in [5.74, 6) is 0.420. The van der Waals surface area contributed by atoms with Crippen LogP contribution in [0.5, 0.6) is 5.75 Å². The van der Waals surface area contributed by atoms with Gasteiger partial charge in [0.1, 0.15) is 17.4 Å². The van der Waals surface area contributed by atoms with Crippen LogP contribution in [0.15, 0.2) is 48.7 Å². The number of rotatable bonds is 5. The van der Waals surface area contributed by atoms with Gasteiger partial charge in [-0.3, -0.25) is 10.00 Å². The van der Waals surface area contributed by atoms with Gasteiger partial charge in [0, 0.05) is 35.8 Å². The summed E-state index contributed by atoms with van der Waals surface area (Å²) in [6.07, 6.45) is 3.78.